The summed E-state index contributed by atoms with van der Waals surface area (Å²) in [7, 11) is -1.17. The number of allylic oxidation sites excluding steroid dienone is 3. The smallest absolute Gasteiger partial charge is 0.209 e. The first-order valence-electron chi connectivity index (χ1n) is 19.8. The summed E-state index contributed by atoms with van der Waals surface area (Å²) < 4.78 is 0. The number of carbonyl (C=O) groups excluding carboxylic acids is 1. The Balaban J connectivity index is 2.10. The van der Waals surface area contributed by atoms with Crippen molar-refractivity contribution in [2.75, 3.05) is 0 Å². The van der Waals surface area contributed by atoms with Crippen molar-refractivity contribution >= 4 is 19.3 Å². The fourth-order valence-electron chi connectivity index (χ4n) is 7.19. The molecule has 3 atom stereocenters. The van der Waals surface area contributed by atoms with Crippen LogP contribution in [0.15, 0.2) is 27.4 Å². The van der Waals surface area contributed by atoms with Gasteiger partial charge in [-0.3, -0.25) is 9.99 Å². The van der Waals surface area contributed by atoms with Gasteiger partial charge in [0.1, 0.15) is 8.07 Å². The summed E-state index contributed by atoms with van der Waals surface area (Å²) in [5.74, 6) is 1.06. The highest BCUT2D eigenvalue weighted by atomic mass is 31.1. The summed E-state index contributed by atoms with van der Waals surface area (Å²) in [6, 6.07) is 0. The van der Waals surface area contributed by atoms with Crippen LogP contribution >= 0.6 is 8.07 Å². The second kappa shape index (κ2) is 24.9. The predicted molar refractivity (Wildman–Crippen MR) is 201 cm³/mol. The minimum absolute atomic E-state index is 0.338. The van der Waals surface area contributed by atoms with Crippen molar-refractivity contribution in [3.05, 3.63) is 22.3 Å². The molecular weight excluding hydrogens is 569 g/mol. The van der Waals surface area contributed by atoms with Crippen molar-refractivity contribution in [1.82, 2.24) is 10.5 Å². The average molecular weight is 644 g/mol. The first-order valence-corrected chi connectivity index (χ1v) is 21.2. The molecule has 0 saturated carbocycles. The van der Waals surface area contributed by atoms with E-state index in [0.717, 1.165) is 30.5 Å². The normalized spacial score (nSPS) is 18.3. The third-order valence-electron chi connectivity index (χ3n) is 10.3. The highest BCUT2D eigenvalue weighted by molar-refractivity contribution is 7.77. The molecular formula is C40H74N3OP. The molecule has 5 heteroatoms. The van der Waals surface area contributed by atoms with E-state index in [-0.39, 0.29) is 0 Å². The molecule has 0 bridgehead atoms. The van der Waals surface area contributed by atoms with Crippen LogP contribution in [0.1, 0.15) is 208 Å². The Morgan fingerprint density at radius 3 is 1.80 bits per heavy atom. The van der Waals surface area contributed by atoms with Crippen LogP contribution in [0.5, 0.6) is 0 Å². The molecule has 0 aromatic heterocycles. The first kappa shape index (κ1) is 40.0. The van der Waals surface area contributed by atoms with Gasteiger partial charge in [0.15, 0.2) is 0 Å². The molecule has 0 aliphatic carbocycles. The SMILES string of the molecule is CCCCCCCCCCC(C)C1=NNP2C(=O)C(CC(CCC)CCCCCCCC)=C(C)NC2=C(CCCCCCC)C1. The number of hydrogen-bond donors (Lipinski definition) is 2. The van der Waals surface area contributed by atoms with Gasteiger partial charge in [0.25, 0.3) is 0 Å². The number of unbranched alkanes of at least 4 members (excludes halogenated alkanes) is 16. The molecule has 2 aliphatic rings. The van der Waals surface area contributed by atoms with E-state index in [2.05, 4.69) is 52.1 Å². The molecule has 0 spiro atoms. The van der Waals surface area contributed by atoms with Gasteiger partial charge in [-0.1, -0.05) is 169 Å². The van der Waals surface area contributed by atoms with E-state index in [4.69, 9.17) is 5.10 Å². The summed E-state index contributed by atoms with van der Waals surface area (Å²) in [6.45, 7) is 13.7. The quantitative estimate of drug-likeness (QED) is 0.0692. The van der Waals surface area contributed by atoms with E-state index in [1.54, 1.807) is 0 Å². The lowest BCUT2D eigenvalue weighted by Gasteiger charge is -2.31. The molecule has 2 heterocycles. The van der Waals surface area contributed by atoms with Gasteiger partial charge in [-0.05, 0) is 50.0 Å². The lowest BCUT2D eigenvalue weighted by molar-refractivity contribution is -0.108. The van der Waals surface area contributed by atoms with Crippen molar-refractivity contribution in [2.24, 2.45) is 16.9 Å². The highest BCUT2D eigenvalue weighted by Crippen LogP contribution is 2.51. The van der Waals surface area contributed by atoms with Crippen LogP contribution in [0.3, 0.4) is 0 Å². The average Bonchev–Trinajstić information content (AvgIpc) is 3.21. The third-order valence-corrected chi connectivity index (χ3v) is 12.1. The second-order valence-corrected chi connectivity index (χ2v) is 16.2. The molecule has 0 aromatic carbocycles. The van der Waals surface area contributed by atoms with Crippen LogP contribution in [0.25, 0.3) is 0 Å². The predicted octanol–water partition coefficient (Wildman–Crippen LogP) is 13.4. The van der Waals surface area contributed by atoms with Crippen LogP contribution < -0.4 is 10.5 Å². The van der Waals surface area contributed by atoms with Crippen LogP contribution in [-0.2, 0) is 4.79 Å². The molecule has 3 unspecified atom stereocenters. The minimum Gasteiger partial charge on any atom is -0.357 e. The van der Waals surface area contributed by atoms with Gasteiger partial charge in [0.05, 0.1) is 5.44 Å². The molecule has 2 rings (SSSR count). The van der Waals surface area contributed by atoms with Gasteiger partial charge in [0.2, 0.25) is 5.52 Å². The Labute approximate surface area is 281 Å². The van der Waals surface area contributed by atoms with Crippen molar-refractivity contribution in [1.29, 1.82) is 0 Å². The number of nitrogens with zero attached hydrogens (tertiary/aromatic N) is 1. The molecule has 2 N–H and O–H groups in total. The Morgan fingerprint density at radius 1 is 0.689 bits per heavy atom. The zero-order valence-electron chi connectivity index (χ0n) is 30.8. The standard InChI is InChI=1S/C40H74N3OP/c1-7-11-14-17-19-20-22-24-28-33(5)38-32-36(30-26-21-16-13-9-3)39-41-34(6)37(40(44)45(39)43-42-38)31-35(27-10-4)29-25-23-18-15-12-8-2/h33,35,41,43H,7-32H2,1-6H3. The maximum atomic E-state index is 14.3. The maximum absolute atomic E-state index is 14.3. The van der Waals surface area contributed by atoms with Crippen molar-refractivity contribution in [2.45, 2.75) is 208 Å². The summed E-state index contributed by atoms with van der Waals surface area (Å²) in [6.07, 6.45) is 33.1. The topological polar surface area (TPSA) is 53.5 Å². The lowest BCUT2D eigenvalue weighted by atomic mass is 9.89. The Hall–Kier alpha value is -1.15. The number of carbonyl (C=O) groups is 1. The van der Waals surface area contributed by atoms with Gasteiger partial charge in [-0.25, -0.2) is 0 Å². The van der Waals surface area contributed by atoms with Gasteiger partial charge in [0, 0.05) is 23.4 Å². The molecule has 45 heavy (non-hydrogen) atoms. The van der Waals surface area contributed by atoms with E-state index in [1.807, 2.05) is 0 Å². The monoisotopic (exact) mass is 644 g/mol. The number of rotatable bonds is 27. The van der Waals surface area contributed by atoms with Crippen molar-refractivity contribution in [3.63, 3.8) is 0 Å². The first-order chi connectivity index (χ1) is 22.0. The fourth-order valence-corrected chi connectivity index (χ4v) is 9.13. The largest absolute Gasteiger partial charge is 0.357 e. The fraction of sp³-hybridized carbons (Fsp3) is 0.850. The molecule has 0 radical (unpaired) electrons. The van der Waals surface area contributed by atoms with Gasteiger partial charge in [-0.15, -0.1) is 0 Å². The van der Waals surface area contributed by atoms with Gasteiger partial charge in [-0.2, -0.15) is 5.10 Å². The molecule has 260 valence electrons. The molecule has 0 fully saturated rings. The Morgan fingerprint density at radius 2 is 1.22 bits per heavy atom. The van der Waals surface area contributed by atoms with Crippen LogP contribution in [0.2, 0.25) is 0 Å². The van der Waals surface area contributed by atoms with E-state index in [9.17, 15) is 4.79 Å². The summed E-state index contributed by atoms with van der Waals surface area (Å²) in [5.41, 5.74) is 6.41. The van der Waals surface area contributed by atoms with Crippen LogP contribution in [0, 0.1) is 11.8 Å². The molecule has 0 saturated heterocycles. The highest BCUT2D eigenvalue weighted by Gasteiger charge is 2.36. The Bertz CT molecular complexity index is 907. The van der Waals surface area contributed by atoms with Crippen molar-refractivity contribution in [3.8, 4) is 0 Å². The zero-order valence-corrected chi connectivity index (χ0v) is 31.7. The third kappa shape index (κ3) is 15.5. The second-order valence-electron chi connectivity index (χ2n) is 14.4. The summed E-state index contributed by atoms with van der Waals surface area (Å²) >= 11 is 0. The number of fused-ring (bicyclic) bond motifs is 1. The Kier molecular flexibility index (Phi) is 22.2. The van der Waals surface area contributed by atoms with E-state index >= 15 is 0 Å². The summed E-state index contributed by atoms with van der Waals surface area (Å²) in [4.78, 5) is 14.3. The van der Waals surface area contributed by atoms with E-state index in [0.29, 0.717) is 17.4 Å². The molecule has 2 aliphatic heterocycles. The van der Waals surface area contributed by atoms with E-state index in [1.165, 1.54) is 164 Å². The van der Waals surface area contributed by atoms with Gasteiger partial charge < -0.3 is 5.32 Å². The number of hydrogen-bond acceptors (Lipinski definition) is 4. The number of nitrogens with one attached hydrogen (secondary N) is 2. The molecule has 0 aromatic rings. The minimum atomic E-state index is -1.17. The van der Waals surface area contributed by atoms with Gasteiger partial charge >= 0.3 is 0 Å². The van der Waals surface area contributed by atoms with Crippen LogP contribution in [-0.4, -0.2) is 11.2 Å². The molecule has 0 amide bonds. The maximum Gasteiger partial charge on any atom is 0.209 e. The number of hydrazone groups is 1. The van der Waals surface area contributed by atoms with Crippen molar-refractivity contribution < 1.29 is 4.79 Å². The summed E-state index contributed by atoms with van der Waals surface area (Å²) in [5, 5.41) is 12.4. The zero-order chi connectivity index (χ0) is 32.7. The molecule has 4 nitrogen and oxygen atoms in total. The lowest BCUT2D eigenvalue weighted by Crippen LogP contribution is -2.28. The van der Waals surface area contributed by atoms with E-state index < -0.39 is 8.07 Å². The van der Waals surface area contributed by atoms with Crippen LogP contribution in [0.4, 0.5) is 0 Å².